The molecule has 0 bridgehead atoms. The van der Waals surface area contributed by atoms with Crippen LogP contribution >= 0.6 is 11.8 Å². The second kappa shape index (κ2) is 9.40. The summed E-state index contributed by atoms with van der Waals surface area (Å²) < 4.78 is 10.5. The van der Waals surface area contributed by atoms with Gasteiger partial charge < -0.3 is 14.8 Å². The van der Waals surface area contributed by atoms with E-state index in [0.717, 1.165) is 16.1 Å². The highest BCUT2D eigenvalue weighted by Gasteiger charge is 2.05. The van der Waals surface area contributed by atoms with Gasteiger partial charge in [0.1, 0.15) is 6.07 Å². The van der Waals surface area contributed by atoms with Gasteiger partial charge in [0, 0.05) is 16.7 Å². The lowest BCUT2D eigenvalue weighted by molar-refractivity contribution is -0.111. The van der Waals surface area contributed by atoms with E-state index in [2.05, 4.69) is 5.32 Å². The smallest absolute Gasteiger partial charge is 0.248 e. The van der Waals surface area contributed by atoms with E-state index in [4.69, 9.17) is 14.7 Å². The molecule has 0 saturated heterocycles. The molecular formula is C19H18N2O3S. The third-order valence-electron chi connectivity index (χ3n) is 3.26. The van der Waals surface area contributed by atoms with Gasteiger partial charge in [-0.25, -0.2) is 0 Å². The molecule has 1 amide bonds. The number of hydrogen-bond acceptors (Lipinski definition) is 5. The normalized spacial score (nSPS) is 10.3. The minimum Gasteiger partial charge on any atom is -0.493 e. The van der Waals surface area contributed by atoms with Gasteiger partial charge in [-0.1, -0.05) is 6.07 Å². The summed E-state index contributed by atoms with van der Waals surface area (Å²) >= 11 is 1.65. The van der Waals surface area contributed by atoms with Crippen molar-refractivity contribution in [3.05, 3.63) is 54.1 Å². The maximum Gasteiger partial charge on any atom is 0.248 e. The van der Waals surface area contributed by atoms with Crippen LogP contribution in [0.2, 0.25) is 0 Å². The van der Waals surface area contributed by atoms with Crippen LogP contribution in [0.25, 0.3) is 6.08 Å². The molecular weight excluding hydrogens is 336 g/mol. The Labute approximate surface area is 151 Å². The predicted molar refractivity (Wildman–Crippen MR) is 100.0 cm³/mol. The number of carbonyl (C=O) groups is 1. The molecule has 25 heavy (non-hydrogen) atoms. The van der Waals surface area contributed by atoms with Gasteiger partial charge in [-0.15, -0.1) is 11.8 Å². The van der Waals surface area contributed by atoms with Gasteiger partial charge in [-0.05, 0) is 54.3 Å². The van der Waals surface area contributed by atoms with Crippen LogP contribution in [0.5, 0.6) is 11.5 Å². The third-order valence-corrected chi connectivity index (χ3v) is 4.01. The first kappa shape index (κ1) is 18.4. The van der Waals surface area contributed by atoms with Gasteiger partial charge in [0.25, 0.3) is 0 Å². The molecule has 0 saturated carbocycles. The molecule has 0 heterocycles. The largest absolute Gasteiger partial charge is 0.493 e. The van der Waals surface area contributed by atoms with Crippen LogP contribution in [-0.2, 0) is 4.79 Å². The van der Waals surface area contributed by atoms with Crippen LogP contribution in [0.4, 0.5) is 5.69 Å². The first-order valence-corrected chi connectivity index (χ1v) is 8.69. The molecule has 0 aliphatic rings. The van der Waals surface area contributed by atoms with Gasteiger partial charge in [0.15, 0.2) is 18.1 Å². The van der Waals surface area contributed by atoms with E-state index in [1.165, 1.54) is 13.2 Å². The molecule has 0 atom stereocenters. The van der Waals surface area contributed by atoms with Crippen molar-refractivity contribution in [2.75, 3.05) is 25.3 Å². The molecule has 5 nitrogen and oxygen atoms in total. The number of hydrogen-bond donors (Lipinski definition) is 1. The molecule has 128 valence electrons. The summed E-state index contributed by atoms with van der Waals surface area (Å²) in [5.74, 6) is 0.769. The second-order valence-corrected chi connectivity index (χ2v) is 5.79. The lowest BCUT2D eigenvalue weighted by Crippen LogP contribution is -2.07. The molecule has 0 unspecified atom stereocenters. The summed E-state index contributed by atoms with van der Waals surface area (Å²) in [6, 6.07) is 14.8. The number of thioether (sulfide) groups is 1. The Kier molecular flexibility index (Phi) is 6.93. The number of nitrogens with one attached hydrogen (secondary N) is 1. The number of nitrogens with zero attached hydrogens (tertiary/aromatic N) is 1. The minimum absolute atomic E-state index is 0.0523. The Bertz CT molecular complexity index is 795. The monoisotopic (exact) mass is 354 g/mol. The van der Waals surface area contributed by atoms with Crippen molar-refractivity contribution in [1.82, 2.24) is 0 Å². The molecule has 1 N–H and O–H groups in total. The molecule has 0 spiro atoms. The average molecular weight is 354 g/mol. The summed E-state index contributed by atoms with van der Waals surface area (Å²) in [5, 5.41) is 11.4. The van der Waals surface area contributed by atoms with Crippen molar-refractivity contribution >= 4 is 29.4 Å². The Balaban J connectivity index is 2.02. The second-order valence-electron chi connectivity index (χ2n) is 4.91. The fraction of sp³-hybridized carbons (Fsp3) is 0.158. The maximum absolute atomic E-state index is 12.0. The first-order valence-electron chi connectivity index (χ1n) is 7.47. The van der Waals surface area contributed by atoms with E-state index in [9.17, 15) is 4.79 Å². The Morgan fingerprint density at radius 1 is 1.24 bits per heavy atom. The molecule has 2 aromatic rings. The fourth-order valence-electron chi connectivity index (χ4n) is 2.05. The van der Waals surface area contributed by atoms with Crippen LogP contribution < -0.4 is 14.8 Å². The number of ether oxygens (including phenoxy) is 2. The number of carbonyl (C=O) groups excluding carboxylic acids is 1. The summed E-state index contributed by atoms with van der Waals surface area (Å²) in [6.45, 7) is -0.0523. The van der Waals surface area contributed by atoms with Gasteiger partial charge >= 0.3 is 0 Å². The Hall–Kier alpha value is -2.91. The molecule has 2 rings (SSSR count). The number of amides is 1. The number of rotatable bonds is 7. The molecule has 6 heteroatoms. The maximum atomic E-state index is 12.0. The Morgan fingerprint density at radius 3 is 2.64 bits per heavy atom. The number of nitriles is 1. The third kappa shape index (κ3) is 5.59. The number of methoxy groups -OCH3 is 1. The zero-order valence-electron chi connectivity index (χ0n) is 14.0. The van der Waals surface area contributed by atoms with E-state index in [1.807, 2.05) is 36.6 Å². The fourth-order valence-corrected chi connectivity index (χ4v) is 2.46. The topological polar surface area (TPSA) is 71.3 Å². The summed E-state index contributed by atoms with van der Waals surface area (Å²) in [7, 11) is 1.52. The minimum atomic E-state index is -0.222. The van der Waals surface area contributed by atoms with E-state index in [-0.39, 0.29) is 12.5 Å². The highest BCUT2D eigenvalue weighted by atomic mass is 32.2. The highest BCUT2D eigenvalue weighted by Crippen LogP contribution is 2.28. The van der Waals surface area contributed by atoms with Crippen molar-refractivity contribution in [2.24, 2.45) is 0 Å². The van der Waals surface area contributed by atoms with Crippen molar-refractivity contribution < 1.29 is 14.3 Å². The molecule has 2 aromatic carbocycles. The van der Waals surface area contributed by atoms with E-state index < -0.39 is 0 Å². The Morgan fingerprint density at radius 2 is 2.00 bits per heavy atom. The molecule has 0 aromatic heterocycles. The number of benzene rings is 2. The van der Waals surface area contributed by atoms with Gasteiger partial charge in [0.05, 0.1) is 7.11 Å². The van der Waals surface area contributed by atoms with Crippen LogP contribution in [0.15, 0.2) is 53.4 Å². The number of anilines is 1. The summed E-state index contributed by atoms with van der Waals surface area (Å²) in [4.78, 5) is 13.1. The van der Waals surface area contributed by atoms with Crippen LogP contribution in [0.1, 0.15) is 5.56 Å². The molecule has 0 aliphatic heterocycles. The van der Waals surface area contributed by atoms with Crippen LogP contribution in [0.3, 0.4) is 0 Å². The van der Waals surface area contributed by atoms with Crippen LogP contribution in [-0.4, -0.2) is 25.9 Å². The first-order chi connectivity index (χ1) is 12.2. The zero-order valence-corrected chi connectivity index (χ0v) is 14.8. The molecule has 0 fully saturated rings. The van der Waals surface area contributed by atoms with Crippen molar-refractivity contribution in [1.29, 1.82) is 5.26 Å². The van der Waals surface area contributed by atoms with Gasteiger partial charge in [-0.2, -0.15) is 5.26 Å². The van der Waals surface area contributed by atoms with Gasteiger partial charge in [0.2, 0.25) is 5.91 Å². The van der Waals surface area contributed by atoms with E-state index in [0.29, 0.717) is 11.5 Å². The quantitative estimate of drug-likeness (QED) is 0.602. The highest BCUT2D eigenvalue weighted by molar-refractivity contribution is 7.98. The molecule has 0 aliphatic carbocycles. The lowest BCUT2D eigenvalue weighted by atomic mass is 10.2. The molecule has 0 radical (unpaired) electrons. The summed E-state index contributed by atoms with van der Waals surface area (Å²) in [5.41, 5.74) is 1.53. The van der Waals surface area contributed by atoms with Crippen molar-refractivity contribution in [3.63, 3.8) is 0 Å². The average Bonchev–Trinajstić information content (AvgIpc) is 2.65. The summed E-state index contributed by atoms with van der Waals surface area (Å²) in [6.07, 6.45) is 5.14. The van der Waals surface area contributed by atoms with Crippen molar-refractivity contribution in [3.8, 4) is 17.6 Å². The lowest BCUT2D eigenvalue weighted by Gasteiger charge is -2.08. The van der Waals surface area contributed by atoms with Crippen molar-refractivity contribution in [2.45, 2.75) is 4.90 Å². The zero-order chi connectivity index (χ0) is 18.1. The predicted octanol–water partition coefficient (Wildman–Crippen LogP) is 3.97. The van der Waals surface area contributed by atoms with Crippen LogP contribution in [0, 0.1) is 11.3 Å². The van der Waals surface area contributed by atoms with E-state index in [1.54, 1.807) is 36.0 Å². The van der Waals surface area contributed by atoms with Gasteiger partial charge in [-0.3, -0.25) is 4.79 Å². The van der Waals surface area contributed by atoms with E-state index >= 15 is 0 Å². The SMILES string of the molecule is COc1cc(/C=C/C(=O)Nc2ccc(SC)cc2)ccc1OCC#N. The standard InChI is InChI=1S/C19H18N2O3S/c1-23-18-13-14(3-9-17(18)24-12-11-20)4-10-19(22)21-15-5-7-16(25-2)8-6-15/h3-10,13H,12H2,1-2H3,(H,21,22)/b10-4+.